The molecule has 1 aliphatic heterocycles. The van der Waals surface area contributed by atoms with Crippen LogP contribution >= 0.6 is 0 Å². The fourth-order valence-electron chi connectivity index (χ4n) is 1.60. The molecule has 14 heavy (non-hydrogen) atoms. The van der Waals surface area contributed by atoms with Crippen molar-refractivity contribution in [3.05, 3.63) is 29.8 Å². The van der Waals surface area contributed by atoms with Gasteiger partial charge in [0.25, 0.3) is 0 Å². The summed E-state index contributed by atoms with van der Waals surface area (Å²) in [5.41, 5.74) is 5.25. The molecule has 0 spiro atoms. The first-order chi connectivity index (χ1) is 6.66. The number of hydrazine groups is 1. The van der Waals surface area contributed by atoms with E-state index < -0.39 is 0 Å². The number of hydrogen-bond acceptors (Lipinski definition) is 2. The Balaban J connectivity index is 2.23. The lowest BCUT2D eigenvalue weighted by molar-refractivity contribution is -0.117. The molecule has 1 fully saturated rings. The standard InChI is InChI=1S/C11H14N2O/c1-8-3-5-10(6-4-8)13-11(14)7-9(2)12-13/h3-6,9,12H,7H2,1-2H3. The van der Waals surface area contributed by atoms with Gasteiger partial charge in [0.15, 0.2) is 0 Å². The van der Waals surface area contributed by atoms with Gasteiger partial charge in [0, 0.05) is 12.5 Å². The summed E-state index contributed by atoms with van der Waals surface area (Å²) in [6.45, 7) is 4.04. The van der Waals surface area contributed by atoms with Crippen LogP contribution in [0.5, 0.6) is 0 Å². The highest BCUT2D eigenvalue weighted by Crippen LogP contribution is 2.18. The number of aryl methyl sites for hydroxylation is 1. The highest BCUT2D eigenvalue weighted by atomic mass is 16.2. The third-order valence-corrected chi connectivity index (χ3v) is 2.37. The monoisotopic (exact) mass is 190 g/mol. The Labute approximate surface area is 83.7 Å². The minimum absolute atomic E-state index is 0.140. The zero-order chi connectivity index (χ0) is 10.1. The summed E-state index contributed by atoms with van der Waals surface area (Å²) in [5.74, 6) is 0.140. The van der Waals surface area contributed by atoms with Crippen molar-refractivity contribution in [1.29, 1.82) is 0 Å². The zero-order valence-corrected chi connectivity index (χ0v) is 8.45. The molecule has 1 aromatic rings. The summed E-state index contributed by atoms with van der Waals surface area (Å²) in [6.07, 6.45) is 0.577. The number of amides is 1. The number of hydrogen-bond donors (Lipinski definition) is 1. The molecule has 0 radical (unpaired) electrons. The van der Waals surface area contributed by atoms with E-state index in [0.717, 1.165) is 5.69 Å². The maximum absolute atomic E-state index is 11.5. The van der Waals surface area contributed by atoms with E-state index >= 15 is 0 Å². The van der Waals surface area contributed by atoms with Gasteiger partial charge in [-0.25, -0.2) is 10.4 Å². The number of carbonyl (C=O) groups excluding carboxylic acids is 1. The predicted octanol–water partition coefficient (Wildman–Crippen LogP) is 1.62. The second-order valence-corrected chi connectivity index (χ2v) is 3.80. The van der Waals surface area contributed by atoms with E-state index in [1.165, 1.54) is 5.56 Å². The van der Waals surface area contributed by atoms with Gasteiger partial charge >= 0.3 is 0 Å². The minimum Gasteiger partial charge on any atom is -0.273 e. The molecule has 0 saturated carbocycles. The maximum Gasteiger partial charge on any atom is 0.242 e. The molecule has 0 bridgehead atoms. The van der Waals surface area contributed by atoms with Crippen molar-refractivity contribution in [2.75, 3.05) is 5.01 Å². The lowest BCUT2D eigenvalue weighted by Gasteiger charge is -2.16. The largest absolute Gasteiger partial charge is 0.273 e. The van der Waals surface area contributed by atoms with Crippen LogP contribution < -0.4 is 10.4 Å². The lowest BCUT2D eigenvalue weighted by Crippen LogP contribution is -2.36. The molecule has 3 heteroatoms. The van der Waals surface area contributed by atoms with E-state index in [2.05, 4.69) is 5.43 Å². The van der Waals surface area contributed by atoms with Gasteiger partial charge in [-0.05, 0) is 26.0 Å². The number of rotatable bonds is 1. The van der Waals surface area contributed by atoms with Crippen molar-refractivity contribution < 1.29 is 4.79 Å². The van der Waals surface area contributed by atoms with Crippen LogP contribution in [0.3, 0.4) is 0 Å². The first-order valence-electron chi connectivity index (χ1n) is 4.82. The van der Waals surface area contributed by atoms with Gasteiger partial charge in [0.1, 0.15) is 0 Å². The number of nitrogens with zero attached hydrogens (tertiary/aromatic N) is 1. The normalized spacial score (nSPS) is 21.7. The van der Waals surface area contributed by atoms with Crippen LogP contribution in [0.1, 0.15) is 18.9 Å². The van der Waals surface area contributed by atoms with E-state index in [9.17, 15) is 4.79 Å². The molecule has 1 atom stereocenters. The van der Waals surface area contributed by atoms with Crippen molar-refractivity contribution in [3.8, 4) is 0 Å². The molecular formula is C11H14N2O. The molecular weight excluding hydrogens is 176 g/mol. The van der Waals surface area contributed by atoms with Gasteiger partial charge in [-0.2, -0.15) is 0 Å². The highest BCUT2D eigenvalue weighted by Gasteiger charge is 2.26. The second-order valence-electron chi connectivity index (χ2n) is 3.80. The predicted molar refractivity (Wildman–Crippen MR) is 55.9 cm³/mol. The molecule has 1 heterocycles. The molecule has 2 rings (SSSR count). The van der Waals surface area contributed by atoms with E-state index in [0.29, 0.717) is 6.42 Å². The van der Waals surface area contributed by atoms with Crippen LogP contribution in [0, 0.1) is 6.92 Å². The molecule has 1 unspecified atom stereocenters. The molecule has 1 N–H and O–H groups in total. The van der Waals surface area contributed by atoms with Crippen LogP contribution in [0.25, 0.3) is 0 Å². The van der Waals surface area contributed by atoms with Gasteiger partial charge in [-0.3, -0.25) is 4.79 Å². The third kappa shape index (κ3) is 1.63. The first-order valence-corrected chi connectivity index (χ1v) is 4.82. The molecule has 1 aliphatic rings. The van der Waals surface area contributed by atoms with Gasteiger partial charge in [0.05, 0.1) is 5.69 Å². The quantitative estimate of drug-likeness (QED) is 0.730. The number of nitrogens with one attached hydrogen (secondary N) is 1. The summed E-state index contributed by atoms with van der Waals surface area (Å²) in [7, 11) is 0. The van der Waals surface area contributed by atoms with Gasteiger partial charge < -0.3 is 0 Å². The Morgan fingerprint density at radius 1 is 1.36 bits per heavy atom. The third-order valence-electron chi connectivity index (χ3n) is 2.37. The lowest BCUT2D eigenvalue weighted by atomic mass is 10.2. The number of benzene rings is 1. The highest BCUT2D eigenvalue weighted by molar-refractivity contribution is 5.94. The minimum atomic E-state index is 0.140. The van der Waals surface area contributed by atoms with Gasteiger partial charge in [0.2, 0.25) is 5.91 Å². The van der Waals surface area contributed by atoms with Gasteiger partial charge in [-0.1, -0.05) is 17.7 Å². The van der Waals surface area contributed by atoms with Gasteiger partial charge in [-0.15, -0.1) is 0 Å². The maximum atomic E-state index is 11.5. The molecule has 0 aliphatic carbocycles. The topological polar surface area (TPSA) is 32.3 Å². The van der Waals surface area contributed by atoms with Crippen LogP contribution in [0.15, 0.2) is 24.3 Å². The van der Waals surface area contributed by atoms with Crippen LogP contribution in [0.4, 0.5) is 5.69 Å². The van der Waals surface area contributed by atoms with Crippen molar-refractivity contribution in [1.82, 2.24) is 5.43 Å². The summed E-state index contributed by atoms with van der Waals surface area (Å²) < 4.78 is 0. The second kappa shape index (κ2) is 3.42. The van der Waals surface area contributed by atoms with Crippen molar-refractivity contribution >= 4 is 11.6 Å². The summed E-state index contributed by atoms with van der Waals surface area (Å²) >= 11 is 0. The molecule has 1 amide bonds. The summed E-state index contributed by atoms with van der Waals surface area (Å²) in [5, 5.41) is 1.63. The van der Waals surface area contributed by atoms with E-state index in [1.54, 1.807) is 5.01 Å². The average molecular weight is 190 g/mol. The summed E-state index contributed by atoms with van der Waals surface area (Å²) in [4.78, 5) is 11.5. The Kier molecular flexibility index (Phi) is 2.25. The SMILES string of the molecule is Cc1ccc(N2NC(C)CC2=O)cc1. The Hall–Kier alpha value is -1.35. The average Bonchev–Trinajstić information content (AvgIpc) is 2.47. The van der Waals surface area contributed by atoms with Crippen LogP contribution in [-0.2, 0) is 4.79 Å². The Morgan fingerprint density at radius 2 is 2.00 bits per heavy atom. The fourth-order valence-corrected chi connectivity index (χ4v) is 1.60. The molecule has 1 saturated heterocycles. The van der Waals surface area contributed by atoms with E-state index in [1.807, 2.05) is 38.1 Å². The molecule has 0 aromatic heterocycles. The first kappa shape index (κ1) is 9.21. The molecule has 3 nitrogen and oxygen atoms in total. The zero-order valence-electron chi connectivity index (χ0n) is 8.45. The Morgan fingerprint density at radius 3 is 2.50 bits per heavy atom. The number of anilines is 1. The smallest absolute Gasteiger partial charge is 0.242 e. The fraction of sp³-hybridized carbons (Fsp3) is 0.364. The summed E-state index contributed by atoms with van der Waals surface area (Å²) in [6, 6.07) is 8.17. The van der Waals surface area contributed by atoms with Crippen molar-refractivity contribution in [3.63, 3.8) is 0 Å². The van der Waals surface area contributed by atoms with Crippen LogP contribution in [0.2, 0.25) is 0 Å². The van der Waals surface area contributed by atoms with Crippen LogP contribution in [-0.4, -0.2) is 11.9 Å². The molecule has 74 valence electrons. The van der Waals surface area contributed by atoms with E-state index in [4.69, 9.17) is 0 Å². The van der Waals surface area contributed by atoms with Crippen molar-refractivity contribution in [2.45, 2.75) is 26.3 Å². The van der Waals surface area contributed by atoms with Crippen molar-refractivity contribution in [2.24, 2.45) is 0 Å². The van der Waals surface area contributed by atoms with E-state index in [-0.39, 0.29) is 11.9 Å². The molecule has 1 aromatic carbocycles. The number of carbonyl (C=O) groups is 1. The Bertz CT molecular complexity index is 345.